The van der Waals surface area contributed by atoms with Crippen LogP contribution in [-0.4, -0.2) is 22.6 Å². The SMILES string of the molecule is O=C1CCSc2ccc(C(=O)Nc3ccc(-c4nccs4)cc3)cc2N1. The summed E-state index contributed by atoms with van der Waals surface area (Å²) in [4.78, 5) is 29.5. The van der Waals surface area contributed by atoms with Gasteiger partial charge in [-0.05, 0) is 42.5 Å². The molecule has 0 bridgehead atoms. The minimum absolute atomic E-state index is 0.0217. The Hall–Kier alpha value is -2.64. The molecule has 0 unspecified atom stereocenters. The molecule has 0 atom stereocenters. The van der Waals surface area contributed by atoms with E-state index >= 15 is 0 Å². The molecule has 2 aromatic carbocycles. The van der Waals surface area contributed by atoms with Crippen LogP contribution in [-0.2, 0) is 4.79 Å². The fourth-order valence-corrected chi connectivity index (χ4v) is 4.21. The number of benzene rings is 2. The first-order valence-electron chi connectivity index (χ1n) is 8.07. The summed E-state index contributed by atoms with van der Waals surface area (Å²) >= 11 is 3.19. The maximum atomic E-state index is 12.5. The van der Waals surface area contributed by atoms with Gasteiger partial charge in [0, 0.05) is 45.5 Å². The number of fused-ring (bicyclic) bond motifs is 1. The molecule has 5 nitrogen and oxygen atoms in total. The molecule has 4 rings (SSSR count). The average molecular weight is 381 g/mol. The second-order valence-electron chi connectivity index (χ2n) is 5.73. The highest BCUT2D eigenvalue weighted by Gasteiger charge is 2.16. The molecule has 0 radical (unpaired) electrons. The third-order valence-electron chi connectivity index (χ3n) is 3.92. The Balaban J connectivity index is 1.50. The molecule has 7 heteroatoms. The first kappa shape index (κ1) is 16.8. The van der Waals surface area contributed by atoms with Crippen LogP contribution in [0.4, 0.5) is 11.4 Å². The van der Waals surface area contributed by atoms with Gasteiger partial charge in [-0.2, -0.15) is 0 Å². The van der Waals surface area contributed by atoms with Gasteiger partial charge >= 0.3 is 0 Å². The van der Waals surface area contributed by atoms with Crippen molar-refractivity contribution < 1.29 is 9.59 Å². The van der Waals surface area contributed by atoms with Crippen LogP contribution >= 0.6 is 23.1 Å². The van der Waals surface area contributed by atoms with Crippen LogP contribution < -0.4 is 10.6 Å². The Morgan fingerprint density at radius 3 is 2.77 bits per heavy atom. The predicted molar refractivity (Wildman–Crippen MR) is 106 cm³/mol. The topological polar surface area (TPSA) is 71.1 Å². The summed E-state index contributed by atoms with van der Waals surface area (Å²) < 4.78 is 0. The van der Waals surface area contributed by atoms with Crippen LogP contribution in [0.1, 0.15) is 16.8 Å². The zero-order valence-electron chi connectivity index (χ0n) is 13.7. The highest BCUT2D eigenvalue weighted by molar-refractivity contribution is 7.99. The molecule has 0 saturated heterocycles. The smallest absolute Gasteiger partial charge is 0.255 e. The van der Waals surface area contributed by atoms with Gasteiger partial charge in [0.05, 0.1) is 5.69 Å². The zero-order chi connectivity index (χ0) is 17.9. The molecular weight excluding hydrogens is 366 g/mol. The number of carbonyl (C=O) groups excluding carboxylic acids is 2. The van der Waals surface area contributed by atoms with Crippen LogP contribution in [0.3, 0.4) is 0 Å². The number of nitrogens with one attached hydrogen (secondary N) is 2. The summed E-state index contributed by atoms with van der Waals surface area (Å²) in [5, 5.41) is 8.63. The molecule has 0 aliphatic carbocycles. The molecule has 0 fully saturated rings. The Morgan fingerprint density at radius 1 is 1.15 bits per heavy atom. The molecule has 1 aliphatic heterocycles. The van der Waals surface area contributed by atoms with Crippen molar-refractivity contribution in [3.05, 3.63) is 59.6 Å². The van der Waals surface area contributed by atoms with Crippen LogP contribution in [0.25, 0.3) is 10.6 Å². The quantitative estimate of drug-likeness (QED) is 0.701. The highest BCUT2D eigenvalue weighted by atomic mass is 32.2. The first-order valence-corrected chi connectivity index (χ1v) is 9.93. The standard InChI is InChI=1S/C19H15N3O2S2/c23-17-7-9-25-16-6-3-13(11-15(16)22-17)18(24)21-14-4-1-12(2-5-14)19-20-8-10-26-19/h1-6,8,10-11H,7,9H2,(H,21,24)(H,22,23). The van der Waals surface area contributed by atoms with Crippen molar-refractivity contribution in [2.75, 3.05) is 16.4 Å². The molecular formula is C19H15N3O2S2. The van der Waals surface area contributed by atoms with Gasteiger partial charge in [0.15, 0.2) is 0 Å². The summed E-state index contributed by atoms with van der Waals surface area (Å²) in [5.74, 6) is 0.514. The second kappa shape index (κ2) is 7.31. The number of nitrogens with zero attached hydrogens (tertiary/aromatic N) is 1. The number of rotatable bonds is 3. The van der Waals surface area contributed by atoms with Crippen molar-refractivity contribution in [2.24, 2.45) is 0 Å². The molecule has 130 valence electrons. The van der Waals surface area contributed by atoms with Gasteiger partial charge in [-0.3, -0.25) is 9.59 Å². The summed E-state index contributed by atoms with van der Waals surface area (Å²) in [5.41, 5.74) is 2.94. The van der Waals surface area contributed by atoms with Gasteiger partial charge in [0.2, 0.25) is 5.91 Å². The minimum Gasteiger partial charge on any atom is -0.325 e. The molecule has 2 amide bonds. The predicted octanol–water partition coefficient (Wildman–Crippen LogP) is 4.50. The van der Waals surface area contributed by atoms with Gasteiger partial charge in [-0.1, -0.05) is 0 Å². The van der Waals surface area contributed by atoms with Crippen molar-refractivity contribution in [3.8, 4) is 10.6 Å². The lowest BCUT2D eigenvalue weighted by Gasteiger charge is -2.10. The normalized spacial score (nSPS) is 13.5. The van der Waals surface area contributed by atoms with E-state index in [4.69, 9.17) is 0 Å². The van der Waals surface area contributed by atoms with E-state index in [2.05, 4.69) is 15.6 Å². The molecule has 1 aromatic heterocycles. The fourth-order valence-electron chi connectivity index (χ4n) is 2.63. The number of hydrogen-bond donors (Lipinski definition) is 2. The van der Waals surface area contributed by atoms with E-state index in [0.29, 0.717) is 23.4 Å². The Kier molecular flexibility index (Phi) is 4.73. The molecule has 26 heavy (non-hydrogen) atoms. The molecule has 0 saturated carbocycles. The number of carbonyl (C=O) groups is 2. The lowest BCUT2D eigenvalue weighted by molar-refractivity contribution is -0.115. The van der Waals surface area contributed by atoms with E-state index in [0.717, 1.165) is 21.2 Å². The van der Waals surface area contributed by atoms with E-state index < -0.39 is 0 Å². The van der Waals surface area contributed by atoms with Crippen molar-refractivity contribution in [1.82, 2.24) is 4.98 Å². The summed E-state index contributed by atoms with van der Waals surface area (Å²) in [6, 6.07) is 13.0. The molecule has 1 aliphatic rings. The van der Waals surface area contributed by atoms with Gasteiger partial charge < -0.3 is 10.6 Å². The van der Waals surface area contributed by atoms with E-state index in [1.54, 1.807) is 41.4 Å². The molecule has 0 spiro atoms. The van der Waals surface area contributed by atoms with Gasteiger partial charge in [-0.15, -0.1) is 23.1 Å². The highest BCUT2D eigenvalue weighted by Crippen LogP contribution is 2.31. The number of aromatic nitrogens is 1. The number of thiazole rings is 1. The van der Waals surface area contributed by atoms with E-state index in [-0.39, 0.29) is 11.8 Å². The van der Waals surface area contributed by atoms with Crippen molar-refractivity contribution in [2.45, 2.75) is 11.3 Å². The van der Waals surface area contributed by atoms with E-state index in [9.17, 15) is 9.59 Å². The van der Waals surface area contributed by atoms with E-state index in [1.165, 1.54) is 0 Å². The maximum absolute atomic E-state index is 12.5. The number of hydrogen-bond acceptors (Lipinski definition) is 5. The van der Waals surface area contributed by atoms with E-state index in [1.807, 2.05) is 35.7 Å². The second-order valence-corrected chi connectivity index (χ2v) is 7.76. The van der Waals surface area contributed by atoms with Crippen LogP contribution in [0.5, 0.6) is 0 Å². The Bertz CT molecular complexity index is 953. The van der Waals surface area contributed by atoms with Crippen LogP contribution in [0.2, 0.25) is 0 Å². The lowest BCUT2D eigenvalue weighted by atomic mass is 10.1. The van der Waals surface area contributed by atoms with Crippen molar-refractivity contribution in [1.29, 1.82) is 0 Å². The third-order valence-corrected chi connectivity index (χ3v) is 5.82. The Labute approximate surface area is 158 Å². The summed E-state index contributed by atoms with van der Waals surface area (Å²) in [7, 11) is 0. The van der Waals surface area contributed by atoms with Crippen LogP contribution in [0.15, 0.2) is 58.9 Å². The fraction of sp³-hybridized carbons (Fsp3) is 0.105. The number of thioether (sulfide) groups is 1. The lowest BCUT2D eigenvalue weighted by Crippen LogP contribution is -2.14. The van der Waals surface area contributed by atoms with Gasteiger partial charge in [-0.25, -0.2) is 4.98 Å². The third kappa shape index (κ3) is 3.63. The maximum Gasteiger partial charge on any atom is 0.255 e. The van der Waals surface area contributed by atoms with Crippen LogP contribution in [0, 0.1) is 0 Å². The van der Waals surface area contributed by atoms with Crippen molar-refractivity contribution in [3.63, 3.8) is 0 Å². The monoisotopic (exact) mass is 381 g/mol. The largest absolute Gasteiger partial charge is 0.325 e. The number of amides is 2. The molecule has 2 heterocycles. The first-order chi connectivity index (χ1) is 12.7. The molecule has 3 aromatic rings. The van der Waals surface area contributed by atoms with Gasteiger partial charge in [0.25, 0.3) is 5.91 Å². The Morgan fingerprint density at radius 2 is 2.00 bits per heavy atom. The minimum atomic E-state index is -0.210. The summed E-state index contributed by atoms with van der Waals surface area (Å²) in [6.45, 7) is 0. The van der Waals surface area contributed by atoms with Crippen molar-refractivity contribution >= 4 is 46.3 Å². The molecule has 2 N–H and O–H groups in total. The number of anilines is 2. The van der Waals surface area contributed by atoms with Gasteiger partial charge in [0.1, 0.15) is 5.01 Å². The summed E-state index contributed by atoms with van der Waals surface area (Å²) in [6.07, 6.45) is 2.25. The average Bonchev–Trinajstić information content (AvgIpc) is 3.11. The zero-order valence-corrected chi connectivity index (χ0v) is 15.3.